The summed E-state index contributed by atoms with van der Waals surface area (Å²) in [4.78, 5) is 37.3. The van der Waals surface area contributed by atoms with Crippen LogP contribution < -0.4 is 0 Å². The number of amides is 2. The standard InChI is InChI=1S/C34H53NO6/c1-2-3-4-13-26-40-30-19-21-31(22-20-30)41-34(38)28-15-17-29(18-16-28)39-27-14-11-9-7-5-6-8-10-12-25-35-32(36)23-24-33(35)37/h15,17,19,31H,2-14,16,18,20-27H2,1H3/t31-/m1/s1. The van der Waals surface area contributed by atoms with Gasteiger partial charge in [0.15, 0.2) is 0 Å². The van der Waals surface area contributed by atoms with Crippen molar-refractivity contribution in [1.82, 2.24) is 4.90 Å². The van der Waals surface area contributed by atoms with Crippen molar-refractivity contribution in [2.24, 2.45) is 0 Å². The van der Waals surface area contributed by atoms with E-state index >= 15 is 0 Å². The summed E-state index contributed by atoms with van der Waals surface area (Å²) in [6.07, 6.45) is 25.6. The molecule has 0 aromatic heterocycles. The molecule has 1 aliphatic heterocycles. The summed E-state index contributed by atoms with van der Waals surface area (Å²) in [5, 5.41) is 0. The van der Waals surface area contributed by atoms with Crippen molar-refractivity contribution in [3.63, 3.8) is 0 Å². The zero-order chi connectivity index (χ0) is 29.1. The van der Waals surface area contributed by atoms with Crippen LogP contribution in [0.5, 0.6) is 0 Å². The third-order valence-electron chi connectivity index (χ3n) is 8.22. The first-order chi connectivity index (χ1) is 20.1. The maximum Gasteiger partial charge on any atom is 0.334 e. The van der Waals surface area contributed by atoms with Crippen molar-refractivity contribution in [2.75, 3.05) is 19.8 Å². The fourth-order valence-electron chi connectivity index (χ4n) is 5.58. The second-order valence-corrected chi connectivity index (χ2v) is 11.7. The molecule has 0 aromatic rings. The smallest absolute Gasteiger partial charge is 0.334 e. The van der Waals surface area contributed by atoms with Crippen molar-refractivity contribution >= 4 is 17.8 Å². The van der Waals surface area contributed by atoms with Crippen molar-refractivity contribution in [3.05, 3.63) is 35.3 Å². The number of imide groups is 1. The van der Waals surface area contributed by atoms with Gasteiger partial charge in [0.05, 0.1) is 24.7 Å². The molecule has 7 nitrogen and oxygen atoms in total. The number of allylic oxidation sites excluding steroid dienone is 4. The third kappa shape index (κ3) is 12.9. The second-order valence-electron chi connectivity index (χ2n) is 11.7. The highest BCUT2D eigenvalue weighted by Crippen LogP contribution is 2.25. The Labute approximate surface area is 247 Å². The van der Waals surface area contributed by atoms with Crippen LogP contribution in [0.15, 0.2) is 35.3 Å². The molecule has 41 heavy (non-hydrogen) atoms. The van der Waals surface area contributed by atoms with Crippen LogP contribution in [0.25, 0.3) is 0 Å². The van der Waals surface area contributed by atoms with Crippen molar-refractivity contribution < 1.29 is 28.6 Å². The van der Waals surface area contributed by atoms with E-state index < -0.39 is 0 Å². The Morgan fingerprint density at radius 3 is 1.93 bits per heavy atom. The second kappa shape index (κ2) is 19.5. The van der Waals surface area contributed by atoms with Gasteiger partial charge < -0.3 is 14.2 Å². The van der Waals surface area contributed by atoms with Crippen LogP contribution in [0.1, 0.15) is 135 Å². The number of hydrogen-bond acceptors (Lipinski definition) is 6. The Morgan fingerprint density at radius 2 is 1.34 bits per heavy atom. The molecule has 3 aliphatic rings. The topological polar surface area (TPSA) is 82.1 Å². The highest BCUT2D eigenvalue weighted by molar-refractivity contribution is 6.01. The van der Waals surface area contributed by atoms with E-state index in [-0.39, 0.29) is 23.9 Å². The molecule has 230 valence electrons. The number of nitrogens with zero attached hydrogens (tertiary/aromatic N) is 1. The molecule has 1 heterocycles. The fourth-order valence-corrected chi connectivity index (χ4v) is 5.58. The van der Waals surface area contributed by atoms with Crippen LogP contribution in [0.4, 0.5) is 0 Å². The zero-order valence-electron chi connectivity index (χ0n) is 25.5. The average Bonchev–Trinajstić information content (AvgIpc) is 3.31. The van der Waals surface area contributed by atoms with Gasteiger partial charge in [0.2, 0.25) is 11.8 Å². The lowest BCUT2D eigenvalue weighted by atomic mass is 10.0. The molecule has 0 saturated carbocycles. The highest BCUT2D eigenvalue weighted by atomic mass is 16.5. The van der Waals surface area contributed by atoms with E-state index in [1.165, 1.54) is 62.7 Å². The number of hydrogen-bond donors (Lipinski definition) is 0. The Hall–Kier alpha value is -2.57. The van der Waals surface area contributed by atoms with E-state index in [1.807, 2.05) is 12.2 Å². The van der Waals surface area contributed by atoms with Crippen LogP contribution >= 0.6 is 0 Å². The number of esters is 1. The van der Waals surface area contributed by atoms with Gasteiger partial charge in [0.1, 0.15) is 6.10 Å². The molecule has 1 fully saturated rings. The van der Waals surface area contributed by atoms with Gasteiger partial charge in [-0.2, -0.15) is 0 Å². The number of carbonyl (C=O) groups is 3. The molecule has 0 aromatic carbocycles. The van der Waals surface area contributed by atoms with Crippen LogP contribution in [-0.2, 0) is 28.6 Å². The monoisotopic (exact) mass is 571 g/mol. The Kier molecular flexibility index (Phi) is 15.7. The summed E-state index contributed by atoms with van der Waals surface area (Å²) < 4.78 is 17.6. The molecule has 2 aliphatic carbocycles. The van der Waals surface area contributed by atoms with Gasteiger partial charge in [-0.05, 0) is 50.3 Å². The van der Waals surface area contributed by atoms with Gasteiger partial charge in [-0.15, -0.1) is 0 Å². The molecule has 0 spiro atoms. The van der Waals surface area contributed by atoms with E-state index in [1.54, 1.807) is 0 Å². The van der Waals surface area contributed by atoms with Gasteiger partial charge in [0, 0.05) is 44.2 Å². The van der Waals surface area contributed by atoms with E-state index in [2.05, 4.69) is 13.0 Å². The lowest BCUT2D eigenvalue weighted by Crippen LogP contribution is -2.29. The lowest BCUT2D eigenvalue weighted by molar-refractivity contribution is -0.145. The summed E-state index contributed by atoms with van der Waals surface area (Å²) in [5.41, 5.74) is 0.734. The molecule has 1 atom stereocenters. The zero-order valence-corrected chi connectivity index (χ0v) is 25.5. The largest absolute Gasteiger partial charge is 0.498 e. The third-order valence-corrected chi connectivity index (χ3v) is 8.22. The fraction of sp³-hybridized carbons (Fsp3) is 0.735. The molecule has 7 heteroatoms. The van der Waals surface area contributed by atoms with E-state index in [9.17, 15) is 14.4 Å². The number of ether oxygens (including phenoxy) is 3. The van der Waals surface area contributed by atoms with E-state index in [0.29, 0.717) is 25.8 Å². The lowest BCUT2D eigenvalue weighted by Gasteiger charge is -2.23. The van der Waals surface area contributed by atoms with Crippen LogP contribution in [0.2, 0.25) is 0 Å². The van der Waals surface area contributed by atoms with Crippen LogP contribution in [0, 0.1) is 0 Å². The molecular weight excluding hydrogens is 518 g/mol. The summed E-state index contributed by atoms with van der Waals surface area (Å²) in [5.74, 6) is 1.82. The van der Waals surface area contributed by atoms with Gasteiger partial charge >= 0.3 is 5.97 Å². The van der Waals surface area contributed by atoms with Crippen LogP contribution in [-0.4, -0.2) is 48.5 Å². The van der Waals surface area contributed by atoms with E-state index in [0.717, 1.165) is 81.7 Å². The van der Waals surface area contributed by atoms with Gasteiger partial charge in [0.25, 0.3) is 0 Å². The number of likely N-dealkylation sites (tertiary alicyclic amines) is 1. The van der Waals surface area contributed by atoms with Gasteiger partial charge in [-0.3, -0.25) is 14.5 Å². The number of unbranched alkanes of at least 4 members (excludes halogenated alkanes) is 11. The Morgan fingerprint density at radius 1 is 0.732 bits per heavy atom. The predicted molar refractivity (Wildman–Crippen MR) is 161 cm³/mol. The first kappa shape index (κ1) is 32.9. The van der Waals surface area contributed by atoms with Gasteiger partial charge in [-0.25, -0.2) is 4.79 Å². The summed E-state index contributed by atoms with van der Waals surface area (Å²) in [6.45, 7) is 4.33. The van der Waals surface area contributed by atoms with Crippen LogP contribution in [0.3, 0.4) is 0 Å². The van der Waals surface area contributed by atoms with Crippen molar-refractivity contribution in [2.45, 2.75) is 141 Å². The van der Waals surface area contributed by atoms with Gasteiger partial charge in [-0.1, -0.05) is 71.1 Å². The van der Waals surface area contributed by atoms with E-state index in [4.69, 9.17) is 14.2 Å². The average molecular weight is 572 g/mol. The molecule has 1 saturated heterocycles. The molecule has 0 radical (unpaired) electrons. The maximum absolute atomic E-state index is 12.6. The SMILES string of the molecule is CCCCCCOC1=CC[C@@H](OC(=O)C2=CC=C(OCCCCCCCCCCCN3C(=O)CCC3=O)CC2)CC1. The molecule has 0 unspecified atom stereocenters. The molecular formula is C34H53NO6. The van der Waals surface area contributed by atoms with Crippen molar-refractivity contribution in [3.8, 4) is 0 Å². The minimum absolute atomic E-state index is 0.000756. The van der Waals surface area contributed by atoms with Crippen molar-refractivity contribution in [1.29, 1.82) is 0 Å². The normalized spacial score (nSPS) is 19.1. The summed E-state index contributed by atoms with van der Waals surface area (Å²) in [6, 6.07) is 0. The Bertz CT molecular complexity index is 904. The Balaban J connectivity index is 1.15. The molecule has 0 bridgehead atoms. The molecule has 0 N–H and O–H groups in total. The quantitative estimate of drug-likeness (QED) is 0.0793. The maximum atomic E-state index is 12.6. The highest BCUT2D eigenvalue weighted by Gasteiger charge is 2.27. The number of rotatable bonds is 21. The molecule has 2 amide bonds. The first-order valence-corrected chi connectivity index (χ1v) is 16.5. The molecule has 3 rings (SSSR count). The minimum atomic E-state index is -0.195. The number of carbonyl (C=O) groups excluding carboxylic acids is 3. The summed E-state index contributed by atoms with van der Waals surface area (Å²) >= 11 is 0. The predicted octanol–water partition coefficient (Wildman–Crippen LogP) is 7.84. The minimum Gasteiger partial charge on any atom is -0.498 e. The summed E-state index contributed by atoms with van der Waals surface area (Å²) in [7, 11) is 0. The first-order valence-electron chi connectivity index (χ1n) is 16.5.